The molecule has 0 radical (unpaired) electrons. The number of aliphatic hydroxyl groups is 1. The van der Waals surface area contributed by atoms with E-state index in [1.54, 1.807) is 33.7 Å². The van der Waals surface area contributed by atoms with Crippen LogP contribution in [0.25, 0.3) is 16.8 Å². The van der Waals surface area contributed by atoms with Crippen LogP contribution in [0, 0.1) is 18.3 Å². The maximum atomic E-state index is 12.5. The Morgan fingerprint density at radius 2 is 2.20 bits per heavy atom. The van der Waals surface area contributed by atoms with Crippen LogP contribution in [-0.4, -0.2) is 47.5 Å². The van der Waals surface area contributed by atoms with Gasteiger partial charge in [-0.25, -0.2) is 9.50 Å². The number of anilines is 1. The first-order valence-electron chi connectivity index (χ1n) is 7.73. The number of carbonyl (C=O) groups is 1. The van der Waals surface area contributed by atoms with Gasteiger partial charge < -0.3 is 5.11 Å². The van der Waals surface area contributed by atoms with E-state index >= 15 is 0 Å². The van der Waals surface area contributed by atoms with Crippen LogP contribution in [0.15, 0.2) is 24.7 Å². The number of hydrogen-bond acceptors (Lipinski definition) is 6. The molecule has 4 rings (SSSR count). The molecule has 1 N–H and O–H groups in total. The summed E-state index contributed by atoms with van der Waals surface area (Å²) in [7, 11) is 1.82. The van der Waals surface area contributed by atoms with Gasteiger partial charge in [-0.3, -0.25) is 14.4 Å². The summed E-state index contributed by atoms with van der Waals surface area (Å²) in [5.41, 5.74) is 0.855. The summed E-state index contributed by atoms with van der Waals surface area (Å²) in [6.45, 7) is 2.09. The molecule has 0 aliphatic carbocycles. The highest BCUT2D eigenvalue weighted by atomic mass is 16.3. The van der Waals surface area contributed by atoms with Crippen LogP contribution in [0.2, 0.25) is 0 Å². The molecule has 3 aromatic rings. The highest BCUT2D eigenvalue weighted by Crippen LogP contribution is 2.32. The highest BCUT2D eigenvalue weighted by Gasteiger charge is 2.47. The van der Waals surface area contributed by atoms with Crippen molar-refractivity contribution in [3.8, 4) is 17.3 Å². The van der Waals surface area contributed by atoms with Gasteiger partial charge in [-0.2, -0.15) is 15.5 Å². The Morgan fingerprint density at radius 3 is 2.84 bits per heavy atom. The van der Waals surface area contributed by atoms with Crippen LogP contribution < -0.4 is 4.90 Å². The van der Waals surface area contributed by atoms with Crippen molar-refractivity contribution in [2.45, 2.75) is 18.9 Å². The molecule has 1 saturated heterocycles. The quantitative estimate of drug-likeness (QED) is 0.679. The molecule has 126 valence electrons. The van der Waals surface area contributed by atoms with Crippen LogP contribution in [-0.2, 0) is 11.8 Å². The number of hydrogen-bond donors (Lipinski definition) is 1. The minimum absolute atomic E-state index is 0.0421. The van der Waals surface area contributed by atoms with Crippen molar-refractivity contribution in [3.05, 3.63) is 30.4 Å². The van der Waals surface area contributed by atoms with Crippen molar-refractivity contribution < 1.29 is 9.90 Å². The predicted molar refractivity (Wildman–Crippen MR) is 87.5 cm³/mol. The van der Waals surface area contributed by atoms with E-state index < -0.39 is 11.5 Å². The summed E-state index contributed by atoms with van der Waals surface area (Å²) >= 11 is 0. The van der Waals surface area contributed by atoms with Crippen LogP contribution in [0.1, 0.15) is 12.1 Å². The monoisotopic (exact) mass is 337 g/mol. The van der Waals surface area contributed by atoms with Crippen LogP contribution >= 0.6 is 0 Å². The molecule has 25 heavy (non-hydrogen) atoms. The van der Waals surface area contributed by atoms with Gasteiger partial charge in [0.1, 0.15) is 11.6 Å². The van der Waals surface area contributed by atoms with Crippen molar-refractivity contribution in [2.24, 2.45) is 7.05 Å². The first-order valence-corrected chi connectivity index (χ1v) is 7.73. The molecule has 1 aliphatic rings. The lowest BCUT2D eigenvalue weighted by molar-refractivity contribution is -0.128. The predicted octanol–water partition coefficient (Wildman–Crippen LogP) is 0.430. The summed E-state index contributed by atoms with van der Waals surface area (Å²) in [5, 5.41) is 27.8. The lowest BCUT2D eigenvalue weighted by atomic mass is 10.1. The van der Waals surface area contributed by atoms with Crippen molar-refractivity contribution >= 4 is 17.2 Å². The highest BCUT2D eigenvalue weighted by molar-refractivity contribution is 6.05. The number of rotatable bonds is 2. The lowest BCUT2D eigenvalue weighted by Gasteiger charge is -2.18. The van der Waals surface area contributed by atoms with Crippen LogP contribution in [0.3, 0.4) is 0 Å². The van der Waals surface area contributed by atoms with Crippen LogP contribution in [0.5, 0.6) is 0 Å². The molecule has 1 aliphatic heterocycles. The Kier molecular flexibility index (Phi) is 3.13. The number of aromatic nitrogens is 5. The smallest absolute Gasteiger partial charge is 0.275 e. The summed E-state index contributed by atoms with van der Waals surface area (Å²) < 4.78 is 3.32. The van der Waals surface area contributed by atoms with Crippen LogP contribution in [0.4, 0.5) is 5.82 Å². The third kappa shape index (κ3) is 2.19. The Hall–Kier alpha value is -3.25. The Bertz CT molecular complexity index is 1040. The Morgan fingerprint density at radius 1 is 1.40 bits per heavy atom. The zero-order valence-corrected chi connectivity index (χ0v) is 13.7. The third-order valence-electron chi connectivity index (χ3n) is 4.40. The second-order valence-corrected chi connectivity index (χ2v) is 6.09. The van der Waals surface area contributed by atoms with E-state index in [4.69, 9.17) is 5.26 Å². The van der Waals surface area contributed by atoms with E-state index in [1.807, 2.05) is 20.2 Å². The van der Waals surface area contributed by atoms with Gasteiger partial charge in [-0.15, -0.1) is 0 Å². The second-order valence-electron chi connectivity index (χ2n) is 6.09. The average Bonchev–Trinajstić information content (AvgIpc) is 3.26. The largest absolute Gasteiger partial charge is 0.368 e. The SMILES string of the molecule is Cc1nn(C)cc1-c1cn2nccc2c(N2CC[C@](O)(C#N)C2=O)n1. The standard InChI is InChI=1S/C16H15N7O2/c1-10-11(7-21(2)20-10)12-8-23-13(3-5-18-23)14(19-12)22-6-4-16(25,9-17)15(22)24/h3,5,7-8,25H,4,6H2,1-2H3/t16-/m0/s1. The second kappa shape index (κ2) is 5.12. The fraction of sp³-hybridized carbons (Fsp3) is 0.312. The molecule has 0 saturated carbocycles. The molecule has 0 unspecified atom stereocenters. The van der Waals surface area contributed by atoms with Gasteiger partial charge in [-0.05, 0) is 13.0 Å². The zero-order chi connectivity index (χ0) is 17.8. The van der Waals surface area contributed by atoms with Crippen molar-refractivity contribution in [2.75, 3.05) is 11.4 Å². The maximum absolute atomic E-state index is 12.5. The minimum Gasteiger partial charge on any atom is -0.368 e. The number of amides is 1. The van der Waals surface area contributed by atoms with E-state index in [1.165, 1.54) is 4.90 Å². The van der Waals surface area contributed by atoms with Gasteiger partial charge in [0.15, 0.2) is 5.82 Å². The topological polar surface area (TPSA) is 112 Å². The molecule has 4 heterocycles. The van der Waals surface area contributed by atoms with Gasteiger partial charge in [0.25, 0.3) is 5.91 Å². The maximum Gasteiger partial charge on any atom is 0.275 e. The Labute approximate surface area is 142 Å². The van der Waals surface area contributed by atoms with Gasteiger partial charge in [-0.1, -0.05) is 0 Å². The summed E-state index contributed by atoms with van der Waals surface area (Å²) in [6.07, 6.45) is 5.26. The third-order valence-corrected chi connectivity index (χ3v) is 4.40. The molecule has 1 amide bonds. The van der Waals surface area contributed by atoms with E-state index in [-0.39, 0.29) is 13.0 Å². The molecule has 0 aromatic carbocycles. The van der Waals surface area contributed by atoms with Crippen molar-refractivity contribution in [1.82, 2.24) is 24.4 Å². The number of fused-ring (bicyclic) bond motifs is 1. The molecule has 1 fully saturated rings. The molecular weight excluding hydrogens is 322 g/mol. The zero-order valence-electron chi connectivity index (χ0n) is 13.7. The first-order chi connectivity index (χ1) is 11.9. The van der Waals surface area contributed by atoms with Gasteiger partial charge in [0.05, 0.1) is 23.8 Å². The number of carbonyl (C=O) groups excluding carboxylic acids is 1. The fourth-order valence-electron chi connectivity index (χ4n) is 3.10. The lowest BCUT2D eigenvalue weighted by Crippen LogP contribution is -2.39. The summed E-state index contributed by atoms with van der Waals surface area (Å²) in [4.78, 5) is 18.5. The molecule has 3 aromatic heterocycles. The molecule has 9 heteroatoms. The summed E-state index contributed by atoms with van der Waals surface area (Å²) in [6, 6.07) is 3.43. The average molecular weight is 337 g/mol. The van der Waals surface area contributed by atoms with Gasteiger partial charge >= 0.3 is 0 Å². The van der Waals surface area contributed by atoms with Crippen molar-refractivity contribution in [1.29, 1.82) is 5.26 Å². The first kappa shape index (κ1) is 15.3. The molecule has 9 nitrogen and oxygen atoms in total. The van der Waals surface area contributed by atoms with E-state index in [9.17, 15) is 9.90 Å². The Balaban J connectivity index is 1.90. The molecule has 1 atom stereocenters. The number of nitriles is 1. The minimum atomic E-state index is -2.00. The number of aryl methyl sites for hydroxylation is 2. The van der Waals surface area contributed by atoms with E-state index in [0.717, 1.165) is 11.3 Å². The van der Waals surface area contributed by atoms with Crippen molar-refractivity contribution in [3.63, 3.8) is 0 Å². The fourth-order valence-corrected chi connectivity index (χ4v) is 3.10. The molecule has 0 spiro atoms. The molecular formula is C16H15N7O2. The molecule has 0 bridgehead atoms. The summed E-state index contributed by atoms with van der Waals surface area (Å²) in [5.74, 6) is -0.292. The number of nitrogens with zero attached hydrogens (tertiary/aromatic N) is 7. The van der Waals surface area contributed by atoms with E-state index in [0.29, 0.717) is 17.0 Å². The normalized spacial score (nSPS) is 20.4. The van der Waals surface area contributed by atoms with E-state index in [2.05, 4.69) is 15.2 Å². The van der Waals surface area contributed by atoms with Gasteiger partial charge in [0, 0.05) is 31.8 Å². The van der Waals surface area contributed by atoms with Gasteiger partial charge in [0.2, 0.25) is 5.60 Å².